The number of aliphatic carboxylic acids is 1. The first-order valence-corrected chi connectivity index (χ1v) is 8.25. The van der Waals surface area contributed by atoms with E-state index in [0.717, 1.165) is 12.8 Å². The highest BCUT2D eigenvalue weighted by Crippen LogP contribution is 2.39. The number of amides is 1. The van der Waals surface area contributed by atoms with Crippen LogP contribution in [0.1, 0.15) is 63.0 Å². The van der Waals surface area contributed by atoms with Crippen molar-refractivity contribution in [2.24, 2.45) is 0 Å². The van der Waals surface area contributed by atoms with E-state index in [2.05, 4.69) is 43.4 Å². The Bertz CT molecular complexity index is 619. The highest BCUT2D eigenvalue weighted by Gasteiger charge is 2.21. The Kier molecular flexibility index (Phi) is 5.97. The van der Waals surface area contributed by atoms with E-state index in [1.54, 1.807) is 0 Å². The SMILES string of the molecule is CC1=C(CCNC(=O)CCCC(=O)O)c2ccccc2C(C)C1. The Morgan fingerprint density at radius 3 is 2.74 bits per heavy atom. The number of rotatable bonds is 7. The molecule has 2 rings (SSSR count). The van der Waals surface area contributed by atoms with Gasteiger partial charge in [-0.1, -0.05) is 36.8 Å². The Morgan fingerprint density at radius 1 is 1.26 bits per heavy atom. The summed E-state index contributed by atoms with van der Waals surface area (Å²) < 4.78 is 0. The van der Waals surface area contributed by atoms with Gasteiger partial charge in [-0.3, -0.25) is 9.59 Å². The molecule has 2 N–H and O–H groups in total. The minimum Gasteiger partial charge on any atom is -0.481 e. The molecule has 0 aliphatic heterocycles. The molecule has 0 fully saturated rings. The second-order valence-corrected chi connectivity index (χ2v) is 6.30. The van der Waals surface area contributed by atoms with Crippen LogP contribution < -0.4 is 5.32 Å². The maximum Gasteiger partial charge on any atom is 0.303 e. The standard InChI is InChI=1S/C19H25NO3/c1-13-12-14(2)16(17-7-4-3-6-15(13)17)10-11-20-18(21)8-5-9-19(22)23/h3-4,6-7,13H,5,8-12H2,1-2H3,(H,20,21)(H,22,23). The number of carbonyl (C=O) groups excluding carboxylic acids is 1. The molecule has 4 nitrogen and oxygen atoms in total. The number of benzene rings is 1. The third kappa shape index (κ3) is 4.68. The lowest BCUT2D eigenvalue weighted by molar-refractivity contribution is -0.137. The van der Waals surface area contributed by atoms with Crippen molar-refractivity contribution in [3.63, 3.8) is 0 Å². The zero-order valence-corrected chi connectivity index (χ0v) is 13.9. The summed E-state index contributed by atoms with van der Waals surface area (Å²) in [6, 6.07) is 8.50. The van der Waals surface area contributed by atoms with Crippen LogP contribution in [0.2, 0.25) is 0 Å². The van der Waals surface area contributed by atoms with Crippen molar-refractivity contribution in [1.82, 2.24) is 5.32 Å². The fourth-order valence-electron chi connectivity index (χ4n) is 3.29. The number of carboxylic acid groups (broad SMARTS) is 1. The molecule has 0 bridgehead atoms. The van der Waals surface area contributed by atoms with Crippen molar-refractivity contribution in [2.75, 3.05) is 6.54 Å². The number of carbonyl (C=O) groups is 2. The summed E-state index contributed by atoms with van der Waals surface area (Å²) in [4.78, 5) is 22.2. The van der Waals surface area contributed by atoms with Gasteiger partial charge in [-0.05, 0) is 48.8 Å². The topological polar surface area (TPSA) is 66.4 Å². The van der Waals surface area contributed by atoms with Crippen LogP contribution in [0.3, 0.4) is 0 Å². The number of allylic oxidation sites excluding steroid dienone is 1. The summed E-state index contributed by atoms with van der Waals surface area (Å²) in [6.45, 7) is 5.03. The minimum absolute atomic E-state index is 0.0446. The molecule has 0 aromatic heterocycles. The van der Waals surface area contributed by atoms with E-state index >= 15 is 0 Å². The smallest absolute Gasteiger partial charge is 0.303 e. The Balaban J connectivity index is 1.89. The Hall–Kier alpha value is -2.10. The molecule has 0 heterocycles. The maximum absolute atomic E-state index is 11.7. The fraction of sp³-hybridized carbons (Fsp3) is 0.474. The van der Waals surface area contributed by atoms with Crippen LogP contribution >= 0.6 is 0 Å². The third-order valence-corrected chi connectivity index (χ3v) is 4.44. The van der Waals surface area contributed by atoms with Crippen molar-refractivity contribution in [3.8, 4) is 0 Å². The van der Waals surface area contributed by atoms with Crippen LogP contribution in [-0.2, 0) is 9.59 Å². The molecule has 0 saturated heterocycles. The number of hydrogen-bond acceptors (Lipinski definition) is 2. The molecule has 0 radical (unpaired) electrons. The molecule has 1 aliphatic carbocycles. The molecular formula is C19H25NO3. The molecule has 1 atom stereocenters. The van der Waals surface area contributed by atoms with Gasteiger partial charge in [0.15, 0.2) is 0 Å². The first-order valence-electron chi connectivity index (χ1n) is 8.25. The van der Waals surface area contributed by atoms with E-state index in [4.69, 9.17) is 5.11 Å². The molecule has 1 aromatic rings. The van der Waals surface area contributed by atoms with Crippen LogP contribution in [0.5, 0.6) is 0 Å². The predicted octanol–water partition coefficient (Wildman–Crippen LogP) is 3.73. The summed E-state index contributed by atoms with van der Waals surface area (Å²) in [5, 5.41) is 11.5. The van der Waals surface area contributed by atoms with E-state index in [-0.39, 0.29) is 18.7 Å². The molecule has 23 heavy (non-hydrogen) atoms. The van der Waals surface area contributed by atoms with Crippen molar-refractivity contribution in [1.29, 1.82) is 0 Å². The lowest BCUT2D eigenvalue weighted by Gasteiger charge is -2.26. The van der Waals surface area contributed by atoms with E-state index in [1.807, 2.05) is 0 Å². The van der Waals surface area contributed by atoms with Crippen molar-refractivity contribution in [2.45, 2.75) is 51.9 Å². The molecule has 1 aromatic carbocycles. The lowest BCUT2D eigenvalue weighted by Crippen LogP contribution is -2.25. The highest BCUT2D eigenvalue weighted by molar-refractivity contribution is 5.78. The number of hydrogen-bond donors (Lipinski definition) is 2. The molecule has 124 valence electrons. The van der Waals surface area contributed by atoms with Crippen molar-refractivity contribution >= 4 is 17.4 Å². The first kappa shape index (κ1) is 17.3. The Labute approximate surface area is 137 Å². The average molecular weight is 315 g/mol. The van der Waals surface area contributed by atoms with Gasteiger partial charge in [-0.2, -0.15) is 0 Å². The monoisotopic (exact) mass is 315 g/mol. The van der Waals surface area contributed by atoms with Gasteiger partial charge < -0.3 is 10.4 Å². The predicted molar refractivity (Wildman–Crippen MR) is 91.2 cm³/mol. The quantitative estimate of drug-likeness (QED) is 0.805. The molecule has 0 spiro atoms. The second-order valence-electron chi connectivity index (χ2n) is 6.30. The lowest BCUT2D eigenvalue weighted by atomic mass is 9.79. The normalized spacial score (nSPS) is 16.9. The average Bonchev–Trinajstić information content (AvgIpc) is 2.50. The summed E-state index contributed by atoms with van der Waals surface area (Å²) in [5.41, 5.74) is 5.44. The van der Waals surface area contributed by atoms with Crippen LogP contribution in [0, 0.1) is 0 Å². The molecule has 1 unspecified atom stereocenters. The summed E-state index contributed by atoms with van der Waals surface area (Å²) in [6.07, 6.45) is 2.60. The molecule has 0 saturated carbocycles. The molecule has 1 aliphatic rings. The highest BCUT2D eigenvalue weighted by atomic mass is 16.4. The van der Waals surface area contributed by atoms with Gasteiger partial charge in [0.2, 0.25) is 5.91 Å². The van der Waals surface area contributed by atoms with Gasteiger partial charge in [-0.15, -0.1) is 0 Å². The number of fused-ring (bicyclic) bond motifs is 1. The third-order valence-electron chi connectivity index (χ3n) is 4.44. The zero-order chi connectivity index (χ0) is 16.8. The van der Waals surface area contributed by atoms with E-state index in [9.17, 15) is 9.59 Å². The van der Waals surface area contributed by atoms with Gasteiger partial charge in [0.05, 0.1) is 0 Å². The van der Waals surface area contributed by atoms with E-state index < -0.39 is 5.97 Å². The van der Waals surface area contributed by atoms with Crippen LogP contribution in [0.15, 0.2) is 29.8 Å². The van der Waals surface area contributed by atoms with Gasteiger partial charge in [0.1, 0.15) is 0 Å². The second kappa shape index (κ2) is 7.95. The summed E-state index contributed by atoms with van der Waals surface area (Å²) in [7, 11) is 0. The van der Waals surface area contributed by atoms with Gasteiger partial charge in [0.25, 0.3) is 0 Å². The Morgan fingerprint density at radius 2 is 2.00 bits per heavy atom. The largest absolute Gasteiger partial charge is 0.481 e. The number of carboxylic acids is 1. The number of nitrogens with one attached hydrogen (secondary N) is 1. The minimum atomic E-state index is -0.855. The van der Waals surface area contributed by atoms with Crippen molar-refractivity contribution in [3.05, 3.63) is 41.0 Å². The zero-order valence-electron chi connectivity index (χ0n) is 13.9. The van der Waals surface area contributed by atoms with Crippen LogP contribution in [-0.4, -0.2) is 23.5 Å². The van der Waals surface area contributed by atoms with E-state index in [1.165, 1.54) is 22.3 Å². The van der Waals surface area contributed by atoms with Gasteiger partial charge in [0, 0.05) is 19.4 Å². The maximum atomic E-state index is 11.7. The fourth-order valence-corrected chi connectivity index (χ4v) is 3.29. The summed E-state index contributed by atoms with van der Waals surface area (Å²) >= 11 is 0. The molecule has 4 heteroatoms. The molecular weight excluding hydrogens is 290 g/mol. The van der Waals surface area contributed by atoms with Crippen molar-refractivity contribution < 1.29 is 14.7 Å². The van der Waals surface area contributed by atoms with Crippen LogP contribution in [0.25, 0.3) is 5.57 Å². The van der Waals surface area contributed by atoms with E-state index in [0.29, 0.717) is 18.9 Å². The van der Waals surface area contributed by atoms with Gasteiger partial charge >= 0.3 is 5.97 Å². The summed E-state index contributed by atoms with van der Waals surface area (Å²) in [5.74, 6) is -0.381. The van der Waals surface area contributed by atoms with Crippen LogP contribution in [0.4, 0.5) is 0 Å². The first-order chi connectivity index (χ1) is 11.0. The van der Waals surface area contributed by atoms with Gasteiger partial charge in [-0.25, -0.2) is 0 Å². The molecule has 1 amide bonds.